The van der Waals surface area contributed by atoms with Crippen LogP contribution in [0, 0.1) is 6.92 Å². The van der Waals surface area contributed by atoms with Crippen LogP contribution in [-0.2, 0) is 6.54 Å². The monoisotopic (exact) mass is 196 g/mol. The molecule has 0 radical (unpaired) electrons. The van der Waals surface area contributed by atoms with Crippen LogP contribution in [0.1, 0.15) is 25.8 Å². The Morgan fingerprint density at radius 2 is 2.07 bits per heavy atom. The van der Waals surface area contributed by atoms with Gasteiger partial charge in [-0.2, -0.15) is 5.10 Å². The van der Waals surface area contributed by atoms with Crippen LogP contribution in [-0.4, -0.2) is 20.5 Å². The Morgan fingerprint density at radius 1 is 1.50 bits per heavy atom. The van der Waals surface area contributed by atoms with Crippen molar-refractivity contribution in [3.05, 3.63) is 31.1 Å². The summed E-state index contributed by atoms with van der Waals surface area (Å²) in [6.45, 7) is 12.4. The molecule has 0 aliphatic rings. The largest absolute Gasteiger partial charge is 0.390 e. The van der Waals surface area contributed by atoms with E-state index in [1.807, 2.05) is 37.8 Å². The summed E-state index contributed by atoms with van der Waals surface area (Å²) >= 11 is 0. The first-order valence-corrected chi connectivity index (χ1v) is 4.69. The van der Waals surface area contributed by atoms with E-state index in [2.05, 4.69) is 18.3 Å². The molecule has 0 atom stereocenters. The van der Waals surface area contributed by atoms with Gasteiger partial charge < -0.3 is 5.11 Å². The second-order valence-electron chi connectivity index (χ2n) is 3.84. The molecule has 1 N–H and O–H groups in total. The van der Waals surface area contributed by atoms with Gasteiger partial charge in [-0.3, -0.25) is 4.68 Å². The molecule has 1 heterocycles. The number of rotatable bonds is 3. The third-order valence-corrected chi connectivity index (χ3v) is 1.72. The minimum atomic E-state index is -0.597. The summed E-state index contributed by atoms with van der Waals surface area (Å²) in [6.07, 6.45) is 4.53. The highest BCUT2D eigenvalue weighted by Gasteiger charge is 2.11. The van der Waals surface area contributed by atoms with Crippen molar-refractivity contribution in [1.29, 1.82) is 0 Å². The number of aliphatic hydroxyl groups is 1. The van der Waals surface area contributed by atoms with Crippen molar-refractivity contribution in [1.82, 2.24) is 9.78 Å². The van der Waals surface area contributed by atoms with Gasteiger partial charge in [-0.15, -0.1) is 13.2 Å². The van der Waals surface area contributed by atoms with E-state index in [-0.39, 0.29) is 0 Å². The van der Waals surface area contributed by atoms with Crippen molar-refractivity contribution in [3.8, 4) is 0 Å². The fraction of sp³-hybridized carbons (Fsp3) is 0.545. The second kappa shape index (κ2) is 5.60. The van der Waals surface area contributed by atoms with Gasteiger partial charge in [0.2, 0.25) is 0 Å². The highest BCUT2D eigenvalue weighted by molar-refractivity contribution is 4.99. The minimum absolute atomic E-state index is 0.597. The first kappa shape index (κ1) is 12.9. The number of hydrogen-bond acceptors (Lipinski definition) is 2. The Hall–Kier alpha value is -1.09. The van der Waals surface area contributed by atoms with Crippen LogP contribution in [0.4, 0.5) is 0 Å². The van der Waals surface area contributed by atoms with Crippen LogP contribution in [0.15, 0.2) is 25.6 Å². The molecule has 0 bridgehead atoms. The molecular weight excluding hydrogens is 176 g/mol. The minimum Gasteiger partial charge on any atom is -0.390 e. The Kier molecular flexibility index (Phi) is 5.16. The van der Waals surface area contributed by atoms with Crippen LogP contribution in [0.3, 0.4) is 0 Å². The quantitative estimate of drug-likeness (QED) is 0.752. The van der Waals surface area contributed by atoms with Crippen LogP contribution >= 0.6 is 0 Å². The van der Waals surface area contributed by atoms with E-state index in [4.69, 9.17) is 0 Å². The van der Waals surface area contributed by atoms with Gasteiger partial charge in [0, 0.05) is 12.7 Å². The fourth-order valence-corrected chi connectivity index (χ4v) is 0.977. The van der Waals surface area contributed by atoms with E-state index < -0.39 is 5.60 Å². The summed E-state index contributed by atoms with van der Waals surface area (Å²) < 4.78 is 1.85. The molecule has 3 heteroatoms. The second-order valence-corrected chi connectivity index (χ2v) is 3.84. The van der Waals surface area contributed by atoms with Crippen LogP contribution < -0.4 is 0 Å². The molecule has 0 aliphatic heterocycles. The van der Waals surface area contributed by atoms with E-state index >= 15 is 0 Å². The van der Waals surface area contributed by atoms with Gasteiger partial charge in [-0.1, -0.05) is 0 Å². The Bertz CT molecular complexity index is 260. The molecule has 80 valence electrons. The lowest BCUT2D eigenvalue weighted by Crippen LogP contribution is -2.21. The normalized spacial score (nSPS) is 10.6. The summed E-state index contributed by atoms with van der Waals surface area (Å²) in [5.41, 5.74) is 0.561. The van der Waals surface area contributed by atoms with Gasteiger partial charge in [-0.05, 0) is 32.8 Å². The van der Waals surface area contributed by atoms with Crippen molar-refractivity contribution < 1.29 is 5.11 Å². The fourth-order valence-electron chi connectivity index (χ4n) is 0.977. The third-order valence-electron chi connectivity index (χ3n) is 1.72. The predicted molar refractivity (Wildman–Crippen MR) is 59.1 cm³/mol. The van der Waals surface area contributed by atoms with Gasteiger partial charge in [0.1, 0.15) is 0 Å². The zero-order chi connectivity index (χ0) is 11.2. The lowest BCUT2D eigenvalue weighted by molar-refractivity contribution is 0.0651. The van der Waals surface area contributed by atoms with Crippen molar-refractivity contribution in [2.75, 3.05) is 0 Å². The number of aromatic nitrogens is 2. The van der Waals surface area contributed by atoms with Gasteiger partial charge in [0.15, 0.2) is 0 Å². The smallest absolute Gasteiger partial charge is 0.0609 e. The zero-order valence-electron chi connectivity index (χ0n) is 9.32. The van der Waals surface area contributed by atoms with Crippen LogP contribution in [0.5, 0.6) is 0 Å². The van der Waals surface area contributed by atoms with Crippen LogP contribution in [0.25, 0.3) is 0 Å². The molecule has 0 aliphatic carbocycles. The van der Waals surface area contributed by atoms with Crippen molar-refractivity contribution >= 4 is 0 Å². The summed E-state index contributed by atoms with van der Waals surface area (Å²) in [4.78, 5) is 0. The van der Waals surface area contributed by atoms with Gasteiger partial charge in [-0.25, -0.2) is 0 Å². The van der Waals surface area contributed by atoms with Crippen molar-refractivity contribution in [3.63, 3.8) is 0 Å². The summed E-state index contributed by atoms with van der Waals surface area (Å²) in [5.74, 6) is 0. The van der Waals surface area contributed by atoms with Crippen LogP contribution in [0.2, 0.25) is 0 Å². The summed E-state index contributed by atoms with van der Waals surface area (Å²) in [6, 6.07) is 0. The lowest BCUT2D eigenvalue weighted by Gasteiger charge is -2.16. The highest BCUT2D eigenvalue weighted by atomic mass is 16.3. The predicted octanol–water partition coefficient (Wildman–Crippen LogP) is 2.15. The Labute approximate surface area is 86.1 Å². The van der Waals surface area contributed by atoms with E-state index in [9.17, 15) is 5.11 Å². The molecule has 0 unspecified atom stereocenters. The lowest BCUT2D eigenvalue weighted by atomic mass is 10.1. The average molecular weight is 196 g/mol. The van der Waals surface area contributed by atoms with Gasteiger partial charge >= 0.3 is 0 Å². The SMILES string of the molecule is C=C.Cc1cnn(CCC(C)(C)O)c1. The molecule has 14 heavy (non-hydrogen) atoms. The standard InChI is InChI=1S/C9H16N2O.C2H4/c1-8-6-10-11(7-8)5-4-9(2,3)12;1-2/h6-7,12H,4-5H2,1-3H3;1-2H2. The Morgan fingerprint density at radius 3 is 2.43 bits per heavy atom. The molecule has 1 aromatic rings. The van der Waals surface area contributed by atoms with E-state index in [0.29, 0.717) is 0 Å². The molecule has 1 aromatic heterocycles. The van der Waals surface area contributed by atoms with Gasteiger partial charge in [0.05, 0.1) is 11.8 Å². The molecule has 0 amide bonds. The summed E-state index contributed by atoms with van der Waals surface area (Å²) in [5, 5.41) is 13.6. The first-order valence-electron chi connectivity index (χ1n) is 4.69. The molecule has 1 rings (SSSR count). The zero-order valence-corrected chi connectivity index (χ0v) is 9.32. The molecule has 0 saturated heterocycles. The number of aryl methyl sites for hydroxylation is 2. The summed E-state index contributed by atoms with van der Waals surface area (Å²) in [7, 11) is 0. The average Bonchev–Trinajstić information content (AvgIpc) is 2.50. The Balaban J connectivity index is 0.000000791. The number of hydrogen-bond donors (Lipinski definition) is 1. The maximum Gasteiger partial charge on any atom is 0.0609 e. The number of nitrogens with zero attached hydrogens (tertiary/aromatic N) is 2. The van der Waals surface area contributed by atoms with Crippen molar-refractivity contribution in [2.24, 2.45) is 0 Å². The maximum absolute atomic E-state index is 9.44. The topological polar surface area (TPSA) is 38.0 Å². The molecule has 3 nitrogen and oxygen atoms in total. The van der Waals surface area contributed by atoms with Gasteiger partial charge in [0.25, 0.3) is 0 Å². The third kappa shape index (κ3) is 5.54. The molecular formula is C11H20N2O. The molecule has 0 fully saturated rings. The van der Waals surface area contributed by atoms with Crippen molar-refractivity contribution in [2.45, 2.75) is 39.3 Å². The highest BCUT2D eigenvalue weighted by Crippen LogP contribution is 2.08. The van der Waals surface area contributed by atoms with E-state index in [0.717, 1.165) is 18.5 Å². The van der Waals surface area contributed by atoms with E-state index in [1.165, 1.54) is 0 Å². The maximum atomic E-state index is 9.44. The molecule has 0 spiro atoms. The molecule has 0 saturated carbocycles. The van der Waals surface area contributed by atoms with E-state index in [1.54, 1.807) is 0 Å². The molecule has 0 aromatic carbocycles. The first-order chi connectivity index (χ1) is 6.47.